The van der Waals surface area contributed by atoms with Crippen LogP contribution in [0.1, 0.15) is 19.8 Å². The van der Waals surface area contributed by atoms with E-state index in [2.05, 4.69) is 15.4 Å². The van der Waals surface area contributed by atoms with Crippen LogP contribution in [0.5, 0.6) is 5.75 Å². The highest BCUT2D eigenvalue weighted by molar-refractivity contribution is 5.89. The number of carbonyl (C=O) groups is 2. The van der Waals surface area contributed by atoms with Crippen LogP contribution >= 0.6 is 0 Å². The number of urea groups is 1. The molecule has 0 atom stereocenters. The molecule has 1 heterocycles. The maximum atomic E-state index is 12.1. The molecule has 1 aromatic rings. The first-order valence-corrected chi connectivity index (χ1v) is 8.12. The molecule has 10 heteroatoms. The second-order valence-electron chi connectivity index (χ2n) is 5.63. The van der Waals surface area contributed by atoms with Gasteiger partial charge in [0.1, 0.15) is 5.75 Å². The Morgan fingerprint density at radius 1 is 1.19 bits per heavy atom. The third kappa shape index (κ3) is 6.34. The number of alkyl halides is 3. The first-order chi connectivity index (χ1) is 12.3. The molecule has 1 saturated heterocycles. The highest BCUT2D eigenvalue weighted by Crippen LogP contribution is 2.24. The summed E-state index contributed by atoms with van der Waals surface area (Å²) in [5, 5.41) is 5.31. The number of ether oxygens (including phenoxy) is 2. The minimum atomic E-state index is -4.76. The minimum Gasteiger partial charge on any atom is -0.450 e. The molecule has 1 fully saturated rings. The lowest BCUT2D eigenvalue weighted by Crippen LogP contribution is -2.47. The monoisotopic (exact) mass is 375 g/mol. The number of nitrogens with zero attached hydrogens (tertiary/aromatic N) is 1. The third-order valence-corrected chi connectivity index (χ3v) is 3.70. The molecule has 2 rings (SSSR count). The Kier molecular flexibility index (Phi) is 6.53. The number of halogens is 3. The van der Waals surface area contributed by atoms with Gasteiger partial charge >= 0.3 is 18.5 Å². The number of benzene rings is 1. The summed E-state index contributed by atoms with van der Waals surface area (Å²) in [6.45, 7) is 3.01. The number of hydrogen-bond donors (Lipinski definition) is 2. The summed E-state index contributed by atoms with van der Waals surface area (Å²) in [4.78, 5) is 25.2. The number of likely N-dealkylation sites (tertiary alicyclic amines) is 1. The van der Waals surface area contributed by atoms with Gasteiger partial charge in [0.25, 0.3) is 0 Å². The molecule has 0 saturated carbocycles. The van der Waals surface area contributed by atoms with E-state index in [1.165, 1.54) is 12.1 Å². The van der Waals surface area contributed by atoms with Crippen molar-refractivity contribution < 1.29 is 32.2 Å². The van der Waals surface area contributed by atoms with E-state index >= 15 is 0 Å². The topological polar surface area (TPSA) is 79.9 Å². The Bertz CT molecular complexity index is 614. The predicted molar refractivity (Wildman–Crippen MR) is 86.9 cm³/mol. The van der Waals surface area contributed by atoms with Gasteiger partial charge in [-0.15, -0.1) is 13.2 Å². The van der Waals surface area contributed by atoms with Gasteiger partial charge in [-0.25, -0.2) is 9.59 Å². The second-order valence-corrected chi connectivity index (χ2v) is 5.63. The van der Waals surface area contributed by atoms with Crippen LogP contribution in [0.3, 0.4) is 0 Å². The Balaban J connectivity index is 1.76. The largest absolute Gasteiger partial charge is 0.573 e. The molecule has 0 bridgehead atoms. The second kappa shape index (κ2) is 8.63. The van der Waals surface area contributed by atoms with E-state index in [-0.39, 0.29) is 17.9 Å². The zero-order valence-electron chi connectivity index (χ0n) is 14.1. The first kappa shape index (κ1) is 19.7. The fraction of sp³-hybridized carbons (Fsp3) is 0.500. The van der Waals surface area contributed by atoms with Crippen LogP contribution in [0.4, 0.5) is 28.4 Å². The van der Waals surface area contributed by atoms with Gasteiger partial charge in [0.2, 0.25) is 0 Å². The molecular formula is C16H20F3N3O4. The lowest BCUT2D eigenvalue weighted by atomic mass is 10.1. The quantitative estimate of drug-likeness (QED) is 0.846. The Morgan fingerprint density at radius 3 is 2.35 bits per heavy atom. The average molecular weight is 375 g/mol. The molecular weight excluding hydrogens is 355 g/mol. The molecule has 2 N–H and O–H groups in total. The summed E-state index contributed by atoms with van der Waals surface area (Å²) in [5.74, 6) is -0.366. The standard InChI is InChI=1S/C16H20F3N3O4/c1-2-25-15(24)22-9-7-12(8-10-22)21-14(23)20-11-3-5-13(6-4-11)26-16(17,18)19/h3-6,12H,2,7-10H2,1H3,(H2,20,21,23). The molecule has 1 aliphatic heterocycles. The number of rotatable bonds is 4. The lowest BCUT2D eigenvalue weighted by Gasteiger charge is -2.31. The molecule has 0 unspecified atom stereocenters. The summed E-state index contributed by atoms with van der Waals surface area (Å²) in [7, 11) is 0. The van der Waals surface area contributed by atoms with Crippen molar-refractivity contribution in [3.63, 3.8) is 0 Å². The third-order valence-electron chi connectivity index (χ3n) is 3.70. The van der Waals surface area contributed by atoms with Gasteiger partial charge in [-0.1, -0.05) is 0 Å². The summed E-state index contributed by atoms with van der Waals surface area (Å²) in [6.07, 6.45) is -3.95. The molecule has 1 aliphatic rings. The van der Waals surface area contributed by atoms with Gasteiger partial charge in [-0.3, -0.25) is 0 Å². The van der Waals surface area contributed by atoms with Crippen LogP contribution in [-0.4, -0.2) is 49.1 Å². The van der Waals surface area contributed by atoms with E-state index in [0.717, 1.165) is 12.1 Å². The van der Waals surface area contributed by atoms with Gasteiger partial charge in [-0.2, -0.15) is 0 Å². The molecule has 0 spiro atoms. The van der Waals surface area contributed by atoms with Crippen molar-refractivity contribution in [1.29, 1.82) is 0 Å². The summed E-state index contributed by atoms with van der Waals surface area (Å²) >= 11 is 0. The lowest BCUT2D eigenvalue weighted by molar-refractivity contribution is -0.274. The summed E-state index contributed by atoms with van der Waals surface area (Å²) in [6, 6.07) is 4.27. The molecule has 0 aliphatic carbocycles. The van der Waals surface area contributed by atoms with Crippen LogP contribution in [0, 0.1) is 0 Å². The van der Waals surface area contributed by atoms with Crippen molar-refractivity contribution in [3.05, 3.63) is 24.3 Å². The molecule has 0 radical (unpaired) electrons. The summed E-state index contributed by atoms with van der Waals surface area (Å²) < 4.78 is 45.0. The highest BCUT2D eigenvalue weighted by atomic mass is 19.4. The van der Waals surface area contributed by atoms with E-state index in [9.17, 15) is 22.8 Å². The van der Waals surface area contributed by atoms with Crippen molar-refractivity contribution >= 4 is 17.8 Å². The smallest absolute Gasteiger partial charge is 0.450 e. The van der Waals surface area contributed by atoms with Crippen molar-refractivity contribution in [2.45, 2.75) is 32.2 Å². The van der Waals surface area contributed by atoms with E-state index < -0.39 is 12.4 Å². The fourth-order valence-electron chi connectivity index (χ4n) is 2.51. The van der Waals surface area contributed by atoms with Crippen LogP contribution in [0.2, 0.25) is 0 Å². The SMILES string of the molecule is CCOC(=O)N1CCC(NC(=O)Nc2ccc(OC(F)(F)F)cc2)CC1. The number of amides is 3. The van der Waals surface area contributed by atoms with Crippen molar-refractivity contribution in [2.75, 3.05) is 25.0 Å². The van der Waals surface area contributed by atoms with Gasteiger partial charge in [0, 0.05) is 24.8 Å². The number of nitrogens with one attached hydrogen (secondary N) is 2. The molecule has 1 aromatic carbocycles. The van der Waals surface area contributed by atoms with Gasteiger partial charge in [-0.05, 0) is 44.0 Å². The zero-order chi connectivity index (χ0) is 19.2. The molecule has 3 amide bonds. The number of hydrogen-bond acceptors (Lipinski definition) is 4. The van der Waals surface area contributed by atoms with Crippen molar-refractivity contribution in [2.24, 2.45) is 0 Å². The van der Waals surface area contributed by atoms with E-state index in [4.69, 9.17) is 4.74 Å². The average Bonchev–Trinajstić information content (AvgIpc) is 2.56. The van der Waals surface area contributed by atoms with Gasteiger partial charge < -0.3 is 25.0 Å². The molecule has 0 aromatic heterocycles. The maximum Gasteiger partial charge on any atom is 0.573 e. The number of carbonyl (C=O) groups excluding carboxylic acids is 2. The Morgan fingerprint density at radius 2 is 1.81 bits per heavy atom. The Labute approximate surface area is 148 Å². The van der Waals surface area contributed by atoms with Crippen LogP contribution in [-0.2, 0) is 4.74 Å². The Hall–Kier alpha value is -2.65. The van der Waals surface area contributed by atoms with Gasteiger partial charge in [0.05, 0.1) is 6.61 Å². The zero-order valence-corrected chi connectivity index (χ0v) is 14.1. The highest BCUT2D eigenvalue weighted by Gasteiger charge is 2.31. The summed E-state index contributed by atoms with van der Waals surface area (Å²) in [5.41, 5.74) is 0.334. The number of anilines is 1. The van der Waals surface area contributed by atoms with Crippen LogP contribution in [0.25, 0.3) is 0 Å². The molecule has 26 heavy (non-hydrogen) atoms. The van der Waals surface area contributed by atoms with Crippen LogP contribution < -0.4 is 15.4 Å². The van der Waals surface area contributed by atoms with Crippen molar-refractivity contribution in [1.82, 2.24) is 10.2 Å². The van der Waals surface area contributed by atoms with Gasteiger partial charge in [0.15, 0.2) is 0 Å². The van der Waals surface area contributed by atoms with E-state index in [1.807, 2.05) is 0 Å². The molecule has 7 nitrogen and oxygen atoms in total. The van der Waals surface area contributed by atoms with E-state index in [0.29, 0.717) is 38.2 Å². The normalized spacial score (nSPS) is 15.3. The maximum absolute atomic E-state index is 12.1. The minimum absolute atomic E-state index is 0.103. The first-order valence-electron chi connectivity index (χ1n) is 8.12. The number of piperidine rings is 1. The van der Waals surface area contributed by atoms with E-state index in [1.54, 1.807) is 11.8 Å². The van der Waals surface area contributed by atoms with Crippen LogP contribution in [0.15, 0.2) is 24.3 Å². The molecule has 144 valence electrons. The fourth-order valence-corrected chi connectivity index (χ4v) is 2.51. The predicted octanol–water partition coefficient (Wildman–Crippen LogP) is 3.33. The van der Waals surface area contributed by atoms with Crippen molar-refractivity contribution in [3.8, 4) is 5.75 Å².